The van der Waals surface area contributed by atoms with E-state index in [4.69, 9.17) is 15.5 Å². The number of nitrogens with one attached hydrogen (secondary N) is 2. The summed E-state index contributed by atoms with van der Waals surface area (Å²) in [6.07, 6.45) is 3.12. The van der Waals surface area contributed by atoms with Crippen molar-refractivity contribution in [2.75, 3.05) is 18.6 Å². The Morgan fingerprint density at radius 1 is 1.18 bits per heavy atom. The number of benzene rings is 1. The van der Waals surface area contributed by atoms with Crippen LogP contribution in [0.3, 0.4) is 0 Å². The highest BCUT2D eigenvalue weighted by molar-refractivity contribution is 7.98. The Labute approximate surface area is 231 Å². The lowest BCUT2D eigenvalue weighted by Gasteiger charge is -2.31. The number of phosphoric ester groups is 1. The largest absolute Gasteiger partial charge is 0.524 e. The first-order chi connectivity index (χ1) is 18.2. The summed E-state index contributed by atoms with van der Waals surface area (Å²) in [6.45, 7) is 3.80. The number of carboxylic acid groups (broad SMARTS) is 1. The van der Waals surface area contributed by atoms with Crippen molar-refractivity contribution >= 4 is 43.3 Å². The van der Waals surface area contributed by atoms with Gasteiger partial charge in [0, 0.05) is 6.54 Å². The van der Waals surface area contributed by atoms with Crippen LogP contribution in [0.2, 0.25) is 0 Å². The van der Waals surface area contributed by atoms with Gasteiger partial charge in [-0.15, -0.1) is 0 Å². The fourth-order valence-electron chi connectivity index (χ4n) is 4.19. The minimum Gasteiger partial charge on any atom is -0.480 e. The monoisotopic (exact) mass is 588 g/mol. The standard InChI is InChI=1S/C24H37N4O9PS/c1-14(2)20(27-21(29)17(25)13-15-6-8-16(9-7-15)37-38(34,35)36)23(31)28-11-4-5-19(28)22(30)26-18(24(32)33)10-12-39-3/h6-9,14,17-20H,4-5,10-13,25H2,1-3H3,(H,26,30)(H,27,29)(H,32,33)(H2,34,35,36)/t17-,18-,19-,20-/m0/s1. The molecular weight excluding hydrogens is 551 g/mol. The third-order valence-corrected chi connectivity index (χ3v) is 7.33. The Balaban J connectivity index is 2.04. The predicted octanol–water partition coefficient (Wildman–Crippen LogP) is 0.482. The van der Waals surface area contributed by atoms with E-state index in [9.17, 15) is 28.8 Å². The van der Waals surface area contributed by atoms with Crippen LogP contribution in [0, 0.1) is 5.92 Å². The zero-order valence-electron chi connectivity index (χ0n) is 22.1. The topological polar surface area (TPSA) is 209 Å². The first-order valence-corrected chi connectivity index (χ1v) is 15.4. The van der Waals surface area contributed by atoms with Crippen LogP contribution in [0.25, 0.3) is 0 Å². The van der Waals surface area contributed by atoms with Crippen molar-refractivity contribution in [2.45, 2.75) is 63.7 Å². The molecule has 1 aromatic rings. The number of nitrogens with two attached hydrogens (primary N) is 1. The third kappa shape index (κ3) is 10.1. The lowest BCUT2D eigenvalue weighted by molar-refractivity contribution is -0.145. The lowest BCUT2D eigenvalue weighted by atomic mass is 10.00. The number of likely N-dealkylation sites (tertiary alicyclic amines) is 1. The van der Waals surface area contributed by atoms with Gasteiger partial charge in [0.25, 0.3) is 0 Å². The highest BCUT2D eigenvalue weighted by Crippen LogP contribution is 2.37. The molecule has 4 atom stereocenters. The van der Waals surface area contributed by atoms with Gasteiger partial charge in [-0.05, 0) is 61.3 Å². The fraction of sp³-hybridized carbons (Fsp3) is 0.583. The van der Waals surface area contributed by atoms with Crippen LogP contribution in [-0.4, -0.2) is 86.2 Å². The van der Waals surface area contributed by atoms with E-state index in [0.717, 1.165) is 0 Å². The second-order valence-electron chi connectivity index (χ2n) is 9.64. The van der Waals surface area contributed by atoms with E-state index in [2.05, 4.69) is 15.2 Å². The van der Waals surface area contributed by atoms with E-state index < -0.39 is 55.7 Å². The molecule has 0 spiro atoms. The molecule has 1 heterocycles. The molecule has 0 aliphatic carbocycles. The van der Waals surface area contributed by atoms with Crippen molar-refractivity contribution in [3.63, 3.8) is 0 Å². The number of phosphoric acid groups is 1. The molecular formula is C24H37N4O9PS. The van der Waals surface area contributed by atoms with E-state index in [0.29, 0.717) is 30.7 Å². The van der Waals surface area contributed by atoms with E-state index >= 15 is 0 Å². The maximum absolute atomic E-state index is 13.5. The summed E-state index contributed by atoms with van der Waals surface area (Å²) in [4.78, 5) is 70.0. The molecule has 1 saturated heterocycles. The summed E-state index contributed by atoms with van der Waals surface area (Å²) in [6, 6.07) is 1.83. The number of hydrogen-bond acceptors (Lipinski definition) is 8. The molecule has 1 fully saturated rings. The van der Waals surface area contributed by atoms with E-state index in [-0.39, 0.29) is 24.5 Å². The van der Waals surface area contributed by atoms with Crippen LogP contribution in [0.5, 0.6) is 5.75 Å². The average Bonchev–Trinajstić information content (AvgIpc) is 3.34. The molecule has 2 rings (SSSR count). The van der Waals surface area contributed by atoms with Crippen molar-refractivity contribution in [3.05, 3.63) is 29.8 Å². The summed E-state index contributed by atoms with van der Waals surface area (Å²) in [5, 5.41) is 14.7. The van der Waals surface area contributed by atoms with Gasteiger partial charge in [0.2, 0.25) is 17.7 Å². The Hall–Kier alpha value is -2.64. The molecule has 7 N–H and O–H groups in total. The lowest BCUT2D eigenvalue weighted by Crippen LogP contribution is -2.58. The summed E-state index contributed by atoms with van der Waals surface area (Å²) in [5.74, 6) is -2.52. The van der Waals surface area contributed by atoms with Crippen LogP contribution in [0.4, 0.5) is 0 Å². The van der Waals surface area contributed by atoms with Gasteiger partial charge in [-0.1, -0.05) is 26.0 Å². The van der Waals surface area contributed by atoms with Crippen LogP contribution in [0.1, 0.15) is 38.7 Å². The highest BCUT2D eigenvalue weighted by atomic mass is 32.2. The van der Waals surface area contributed by atoms with Gasteiger partial charge in [-0.2, -0.15) is 11.8 Å². The van der Waals surface area contributed by atoms with Crippen molar-refractivity contribution < 1.29 is 43.2 Å². The SMILES string of the molecule is CSCC[C@H](NC(=O)[C@@H]1CCCN1C(=O)[C@@H](NC(=O)[C@@H](N)Cc1ccc(OP(=O)(O)O)cc1)C(C)C)C(=O)O. The summed E-state index contributed by atoms with van der Waals surface area (Å²) >= 11 is 1.47. The van der Waals surface area contributed by atoms with Crippen LogP contribution >= 0.6 is 19.6 Å². The second kappa shape index (κ2) is 14.7. The number of aliphatic carboxylic acids is 1. The molecule has 0 bridgehead atoms. The zero-order valence-corrected chi connectivity index (χ0v) is 23.8. The molecule has 1 aromatic carbocycles. The van der Waals surface area contributed by atoms with Gasteiger partial charge in [0.05, 0.1) is 6.04 Å². The van der Waals surface area contributed by atoms with Crippen LogP contribution < -0.4 is 20.9 Å². The Morgan fingerprint density at radius 2 is 1.82 bits per heavy atom. The maximum Gasteiger partial charge on any atom is 0.524 e. The molecule has 13 nitrogen and oxygen atoms in total. The zero-order chi connectivity index (χ0) is 29.3. The van der Waals surface area contributed by atoms with Crippen LogP contribution in [-0.2, 0) is 30.2 Å². The molecule has 218 valence electrons. The maximum atomic E-state index is 13.5. The molecule has 0 aromatic heterocycles. The number of carbonyl (C=O) groups excluding carboxylic acids is 3. The molecule has 0 unspecified atom stereocenters. The number of nitrogens with zero attached hydrogens (tertiary/aromatic N) is 1. The van der Waals surface area contributed by atoms with Crippen LogP contribution in [0.15, 0.2) is 24.3 Å². The molecule has 0 saturated carbocycles. The summed E-state index contributed by atoms with van der Waals surface area (Å²) in [7, 11) is -4.69. The Bertz CT molecular complexity index is 1070. The van der Waals surface area contributed by atoms with Crippen molar-refractivity contribution in [1.29, 1.82) is 0 Å². The minimum atomic E-state index is -4.69. The third-order valence-electron chi connectivity index (χ3n) is 6.23. The van der Waals surface area contributed by atoms with Crippen molar-refractivity contribution in [3.8, 4) is 5.75 Å². The molecule has 15 heteroatoms. The number of rotatable bonds is 14. The number of carbonyl (C=O) groups is 4. The van der Waals surface area contributed by atoms with E-state index in [1.807, 2.05) is 6.26 Å². The quantitative estimate of drug-likeness (QED) is 0.165. The highest BCUT2D eigenvalue weighted by Gasteiger charge is 2.40. The number of thioether (sulfide) groups is 1. The minimum absolute atomic E-state index is 0.0429. The normalized spacial score (nSPS) is 17.8. The average molecular weight is 589 g/mol. The van der Waals surface area contributed by atoms with Gasteiger partial charge in [-0.3, -0.25) is 24.2 Å². The molecule has 3 amide bonds. The molecule has 39 heavy (non-hydrogen) atoms. The molecule has 1 aliphatic rings. The molecule has 1 aliphatic heterocycles. The van der Waals surface area contributed by atoms with Crippen molar-refractivity contribution in [1.82, 2.24) is 15.5 Å². The van der Waals surface area contributed by atoms with Crippen molar-refractivity contribution in [2.24, 2.45) is 11.7 Å². The van der Waals surface area contributed by atoms with Gasteiger partial charge < -0.3 is 30.9 Å². The summed E-state index contributed by atoms with van der Waals surface area (Å²) < 4.78 is 15.4. The number of amides is 3. The fourth-order valence-corrected chi connectivity index (χ4v) is 5.05. The van der Waals surface area contributed by atoms with Gasteiger partial charge in [-0.25, -0.2) is 9.36 Å². The number of carboxylic acids is 1. The smallest absolute Gasteiger partial charge is 0.480 e. The Kier molecular flexibility index (Phi) is 12.2. The van der Waals surface area contributed by atoms with E-state index in [1.165, 1.54) is 40.9 Å². The van der Waals surface area contributed by atoms with Gasteiger partial charge in [0.1, 0.15) is 23.9 Å². The first-order valence-electron chi connectivity index (χ1n) is 12.5. The number of hydrogen-bond donors (Lipinski definition) is 6. The predicted molar refractivity (Wildman–Crippen MR) is 145 cm³/mol. The first kappa shape index (κ1) is 32.6. The van der Waals surface area contributed by atoms with Gasteiger partial charge in [0.15, 0.2) is 0 Å². The summed E-state index contributed by atoms with van der Waals surface area (Å²) in [5.41, 5.74) is 6.68. The second-order valence-corrected chi connectivity index (χ2v) is 11.8. The Morgan fingerprint density at radius 3 is 2.36 bits per heavy atom. The van der Waals surface area contributed by atoms with Gasteiger partial charge >= 0.3 is 13.8 Å². The molecule has 0 radical (unpaired) electrons. The van der Waals surface area contributed by atoms with E-state index in [1.54, 1.807) is 13.8 Å².